The highest BCUT2D eigenvalue weighted by atomic mass is 32.1. The van der Waals surface area contributed by atoms with Gasteiger partial charge in [-0.3, -0.25) is 14.6 Å². The zero-order chi connectivity index (χ0) is 16.7. The Balaban J connectivity index is 2.16. The lowest BCUT2D eigenvalue weighted by molar-refractivity contribution is 0.412. The summed E-state index contributed by atoms with van der Waals surface area (Å²) < 4.78 is 7.67. The number of nitrogens with zero attached hydrogens (tertiary/aromatic N) is 2. The number of fused-ring (bicyclic) bond motifs is 1. The number of aromatic nitrogens is 2. The fourth-order valence-electron chi connectivity index (χ4n) is 2.67. The lowest BCUT2D eigenvalue weighted by Gasteiger charge is -2.06. The van der Waals surface area contributed by atoms with Crippen molar-refractivity contribution in [2.75, 3.05) is 7.11 Å². The fraction of sp³-hybridized carbons (Fsp3) is 0.0556. The van der Waals surface area contributed by atoms with Crippen LogP contribution in [0.2, 0.25) is 0 Å². The van der Waals surface area contributed by atoms with Crippen LogP contribution < -0.4 is 15.9 Å². The number of benzene rings is 2. The van der Waals surface area contributed by atoms with E-state index in [4.69, 9.17) is 4.74 Å². The molecule has 2 aromatic rings. The summed E-state index contributed by atoms with van der Waals surface area (Å²) in [6.45, 7) is 0. The van der Waals surface area contributed by atoms with E-state index >= 15 is 0 Å². The number of rotatable bonds is 2. The van der Waals surface area contributed by atoms with Crippen molar-refractivity contribution in [3.63, 3.8) is 0 Å². The second-order valence-electron chi connectivity index (χ2n) is 5.19. The van der Waals surface area contributed by atoms with E-state index in [0.717, 1.165) is 14.8 Å². The Morgan fingerprint density at radius 3 is 2.58 bits per heavy atom. The van der Waals surface area contributed by atoms with Gasteiger partial charge in [-0.05, 0) is 24.3 Å². The van der Waals surface area contributed by atoms with E-state index < -0.39 is 0 Å². The van der Waals surface area contributed by atoms with E-state index in [2.05, 4.69) is 4.98 Å². The molecule has 0 unspecified atom stereocenters. The van der Waals surface area contributed by atoms with E-state index in [1.165, 1.54) is 24.6 Å². The van der Waals surface area contributed by atoms with Gasteiger partial charge in [-0.2, -0.15) is 0 Å². The van der Waals surface area contributed by atoms with Gasteiger partial charge in [-0.15, -0.1) is 11.3 Å². The molecule has 2 heterocycles. The molecule has 0 spiro atoms. The maximum absolute atomic E-state index is 12.9. The number of methoxy groups -OCH3 is 1. The molecule has 0 N–H and O–H groups in total. The maximum Gasteiger partial charge on any atom is 0.276 e. The third-order valence-corrected chi connectivity index (χ3v) is 4.98. The molecule has 0 aliphatic carbocycles. The summed E-state index contributed by atoms with van der Waals surface area (Å²) in [6, 6.07) is 14.5. The summed E-state index contributed by atoms with van der Waals surface area (Å²) in [6.07, 6.45) is 1.48. The molecule has 0 bridgehead atoms. The molecule has 0 radical (unpaired) electrons. The van der Waals surface area contributed by atoms with Crippen molar-refractivity contribution in [3.05, 3.63) is 85.2 Å². The summed E-state index contributed by atoms with van der Waals surface area (Å²) in [4.78, 5) is 30.1. The Morgan fingerprint density at radius 1 is 1.00 bits per heavy atom. The minimum absolute atomic E-state index is 0.312. The van der Waals surface area contributed by atoms with Crippen molar-refractivity contribution in [2.45, 2.75) is 0 Å². The third-order valence-electron chi connectivity index (χ3n) is 3.81. The van der Waals surface area contributed by atoms with E-state index in [1.54, 1.807) is 24.3 Å². The van der Waals surface area contributed by atoms with Crippen molar-refractivity contribution in [3.8, 4) is 11.4 Å². The Bertz CT molecular complexity index is 1240. The molecule has 5 nitrogen and oxygen atoms in total. The van der Waals surface area contributed by atoms with Gasteiger partial charge in [-0.1, -0.05) is 24.3 Å². The minimum atomic E-state index is -0.386. The Hall–Kier alpha value is -2.99. The molecule has 0 fully saturated rings. The van der Waals surface area contributed by atoms with Crippen molar-refractivity contribution in [2.24, 2.45) is 0 Å². The summed E-state index contributed by atoms with van der Waals surface area (Å²) in [5.41, 5.74) is 0.447. The lowest BCUT2D eigenvalue weighted by atomic mass is 10.3. The molecule has 118 valence electrons. The molecule has 4 rings (SSSR count). The normalized spacial score (nSPS) is 11.0. The second kappa shape index (κ2) is 5.58. The number of hydrogen-bond donors (Lipinski definition) is 0. The second-order valence-corrected chi connectivity index (χ2v) is 6.24. The highest BCUT2D eigenvalue weighted by Crippen LogP contribution is 2.20. The molecule has 0 atom stereocenters. The predicted octanol–water partition coefficient (Wildman–Crippen LogP) is 2.54. The lowest BCUT2D eigenvalue weighted by Crippen LogP contribution is -2.25. The van der Waals surface area contributed by atoms with Crippen LogP contribution in [0.5, 0.6) is 5.75 Å². The number of para-hydroxylation sites is 3. The molecule has 0 amide bonds. The highest BCUT2D eigenvalue weighted by molar-refractivity contribution is 7.16. The zero-order valence-electron chi connectivity index (χ0n) is 12.7. The topological polar surface area (TPSA) is 61.2 Å². The largest absolute Gasteiger partial charge is 0.495 e. The number of ether oxygens (including phenoxy) is 1. The first-order valence-corrected chi connectivity index (χ1v) is 8.09. The van der Waals surface area contributed by atoms with Crippen LogP contribution in [-0.4, -0.2) is 16.7 Å². The zero-order valence-corrected chi connectivity index (χ0v) is 13.5. The molecule has 2 aliphatic heterocycles. The van der Waals surface area contributed by atoms with Crippen molar-refractivity contribution in [1.82, 2.24) is 9.55 Å². The van der Waals surface area contributed by atoms with Gasteiger partial charge in [-0.25, -0.2) is 4.57 Å². The van der Waals surface area contributed by atoms with Gasteiger partial charge < -0.3 is 4.74 Å². The standard InChI is InChI=1S/C18H12N2O3S/c1-23-14-8-4-3-7-13(14)20-17(21)11-10-19-12-6-2-5-9-15(12)24-16(11)18(20)22/h2-10H,1H3. The summed E-state index contributed by atoms with van der Waals surface area (Å²) >= 11 is 1.27. The van der Waals surface area contributed by atoms with Crippen LogP contribution in [-0.2, 0) is 0 Å². The van der Waals surface area contributed by atoms with Crippen LogP contribution in [0.3, 0.4) is 0 Å². The van der Waals surface area contributed by atoms with Gasteiger partial charge >= 0.3 is 0 Å². The van der Waals surface area contributed by atoms with E-state index in [1.807, 2.05) is 24.3 Å². The van der Waals surface area contributed by atoms with Gasteiger partial charge in [0.05, 0.1) is 28.2 Å². The maximum atomic E-state index is 12.9. The first-order valence-electron chi connectivity index (χ1n) is 7.27. The quantitative estimate of drug-likeness (QED) is 0.564. The fourth-order valence-corrected chi connectivity index (χ4v) is 3.69. The molecule has 0 aromatic heterocycles. The highest BCUT2D eigenvalue weighted by Gasteiger charge is 2.15. The van der Waals surface area contributed by atoms with Gasteiger partial charge in [0.15, 0.2) is 0 Å². The molecule has 0 saturated heterocycles. The smallest absolute Gasteiger partial charge is 0.276 e. The van der Waals surface area contributed by atoms with Gasteiger partial charge in [0.1, 0.15) is 10.3 Å². The van der Waals surface area contributed by atoms with Crippen LogP contribution in [0.25, 0.3) is 15.9 Å². The molecular formula is C18H12N2O3S. The molecule has 24 heavy (non-hydrogen) atoms. The minimum Gasteiger partial charge on any atom is -0.495 e. The number of hydrogen-bond acceptors (Lipinski definition) is 5. The first kappa shape index (κ1) is 14.6. The van der Waals surface area contributed by atoms with Gasteiger partial charge in [0, 0.05) is 6.20 Å². The molecule has 6 heteroatoms. The van der Waals surface area contributed by atoms with Gasteiger partial charge in [0.2, 0.25) is 0 Å². The average Bonchev–Trinajstić information content (AvgIpc) is 2.77. The van der Waals surface area contributed by atoms with E-state index in [9.17, 15) is 9.59 Å². The molecule has 2 aromatic carbocycles. The third kappa shape index (κ3) is 2.11. The van der Waals surface area contributed by atoms with Crippen LogP contribution in [0.15, 0.2) is 64.3 Å². The van der Waals surface area contributed by atoms with E-state index in [0.29, 0.717) is 21.2 Å². The first-order chi connectivity index (χ1) is 11.7. The molecule has 2 aliphatic rings. The molecule has 0 saturated carbocycles. The van der Waals surface area contributed by atoms with Crippen molar-refractivity contribution >= 4 is 21.6 Å². The van der Waals surface area contributed by atoms with Gasteiger partial charge in [0.25, 0.3) is 11.1 Å². The van der Waals surface area contributed by atoms with Crippen LogP contribution in [0, 0.1) is 9.75 Å². The van der Waals surface area contributed by atoms with E-state index in [-0.39, 0.29) is 11.1 Å². The SMILES string of the molecule is COc1ccccc1-n1c(=O)c2cnc3ccccc3sc=2c1=O. The Labute approximate surface area is 140 Å². The Kier molecular flexibility index (Phi) is 3.39. The summed E-state index contributed by atoms with van der Waals surface area (Å²) in [7, 11) is 1.51. The van der Waals surface area contributed by atoms with Crippen molar-refractivity contribution < 1.29 is 4.74 Å². The van der Waals surface area contributed by atoms with Crippen LogP contribution in [0.4, 0.5) is 0 Å². The monoisotopic (exact) mass is 336 g/mol. The average molecular weight is 336 g/mol. The van der Waals surface area contributed by atoms with Crippen LogP contribution in [0.1, 0.15) is 0 Å². The van der Waals surface area contributed by atoms with Crippen molar-refractivity contribution in [1.29, 1.82) is 0 Å². The molecular weight excluding hydrogens is 324 g/mol. The van der Waals surface area contributed by atoms with Crippen LogP contribution >= 0.6 is 11.3 Å². The predicted molar refractivity (Wildman–Crippen MR) is 93.3 cm³/mol. The Morgan fingerprint density at radius 2 is 1.75 bits per heavy atom. The summed E-state index contributed by atoms with van der Waals surface area (Å²) in [5.74, 6) is 0.471. The summed E-state index contributed by atoms with van der Waals surface area (Å²) in [5, 5.41) is 0.312.